The molecule has 0 radical (unpaired) electrons. The van der Waals surface area contributed by atoms with Crippen LogP contribution in [0.4, 0.5) is 0 Å². The van der Waals surface area contributed by atoms with Crippen molar-refractivity contribution in [3.05, 3.63) is 0 Å². The number of hydrogen-bond donors (Lipinski definition) is 0. The van der Waals surface area contributed by atoms with Crippen molar-refractivity contribution in [2.24, 2.45) is 0 Å². The minimum Gasteiger partial charge on any atom is -0.243 e. The van der Waals surface area contributed by atoms with Crippen LogP contribution in [0, 0.1) is 0 Å². The van der Waals surface area contributed by atoms with Gasteiger partial charge in [-0.05, 0) is 6.92 Å². The van der Waals surface area contributed by atoms with Crippen LogP contribution < -0.4 is 0 Å². The molecule has 1 saturated heterocycles. The zero-order chi connectivity index (χ0) is 6.85. The monoisotopic (exact) mass is 146 g/mol. The van der Waals surface area contributed by atoms with Crippen molar-refractivity contribution < 1.29 is 0 Å². The van der Waals surface area contributed by atoms with E-state index in [2.05, 4.69) is 31.0 Å². The van der Waals surface area contributed by atoms with Crippen LogP contribution in [0.2, 0.25) is 0 Å². The highest BCUT2D eigenvalue weighted by Gasteiger charge is 2.18. The molecule has 2 nitrogen and oxygen atoms in total. The average Bonchev–Trinajstić information content (AvgIpc) is 1.83. The summed E-state index contributed by atoms with van der Waals surface area (Å²) in [5.41, 5.74) is 0. The van der Waals surface area contributed by atoms with Gasteiger partial charge >= 0.3 is 0 Å². The van der Waals surface area contributed by atoms with Crippen molar-refractivity contribution in [2.75, 3.05) is 26.4 Å². The summed E-state index contributed by atoms with van der Waals surface area (Å²) in [4.78, 5) is 0. The van der Waals surface area contributed by atoms with Crippen molar-refractivity contribution in [3.63, 3.8) is 0 Å². The number of nitrogens with zero attached hydrogens (tertiary/aromatic N) is 2. The van der Waals surface area contributed by atoms with E-state index >= 15 is 0 Å². The van der Waals surface area contributed by atoms with Gasteiger partial charge in [-0.2, -0.15) is 0 Å². The van der Waals surface area contributed by atoms with Crippen LogP contribution in [0.3, 0.4) is 0 Å². The molecule has 54 valence electrons. The predicted octanol–water partition coefficient (Wildman–Crippen LogP) is 0.858. The smallest absolute Gasteiger partial charge is 0.0667 e. The number of rotatable bonds is 0. The Labute approximate surface area is 61.2 Å². The number of hydrogen-bond acceptors (Lipinski definition) is 3. The van der Waals surface area contributed by atoms with Crippen molar-refractivity contribution in [1.82, 2.24) is 10.0 Å². The lowest BCUT2D eigenvalue weighted by Crippen LogP contribution is -2.46. The van der Waals surface area contributed by atoms with Gasteiger partial charge in [0, 0.05) is 26.4 Å². The molecular weight excluding hydrogens is 132 g/mol. The maximum atomic E-state index is 2.27. The SMILES string of the molecule is C[C@H]1SCCN(C)N1C. The molecular formula is C6H14N2S. The maximum absolute atomic E-state index is 2.27. The molecule has 0 aromatic rings. The highest BCUT2D eigenvalue weighted by Crippen LogP contribution is 2.19. The van der Waals surface area contributed by atoms with E-state index in [1.54, 1.807) is 0 Å². The normalized spacial score (nSPS) is 33.0. The zero-order valence-corrected chi connectivity index (χ0v) is 7.11. The van der Waals surface area contributed by atoms with Gasteiger partial charge in [0.25, 0.3) is 0 Å². The molecule has 9 heavy (non-hydrogen) atoms. The van der Waals surface area contributed by atoms with E-state index in [4.69, 9.17) is 0 Å². The summed E-state index contributed by atoms with van der Waals surface area (Å²) in [5.74, 6) is 1.27. The van der Waals surface area contributed by atoms with Gasteiger partial charge in [0.2, 0.25) is 0 Å². The first kappa shape index (κ1) is 7.38. The lowest BCUT2D eigenvalue weighted by atomic mass is 10.6. The summed E-state index contributed by atoms with van der Waals surface area (Å²) in [7, 11) is 4.27. The Kier molecular flexibility index (Phi) is 2.38. The molecule has 1 fully saturated rings. The van der Waals surface area contributed by atoms with Crippen LogP contribution in [0.25, 0.3) is 0 Å². The summed E-state index contributed by atoms with van der Waals surface area (Å²) in [5, 5.41) is 5.19. The van der Waals surface area contributed by atoms with E-state index in [1.807, 2.05) is 11.8 Å². The van der Waals surface area contributed by atoms with Crippen LogP contribution >= 0.6 is 11.8 Å². The van der Waals surface area contributed by atoms with Crippen LogP contribution in [-0.4, -0.2) is 41.8 Å². The average molecular weight is 146 g/mol. The Morgan fingerprint density at radius 1 is 1.44 bits per heavy atom. The number of hydrazine groups is 1. The molecule has 1 rings (SSSR count). The number of thioether (sulfide) groups is 1. The van der Waals surface area contributed by atoms with Gasteiger partial charge in [-0.15, -0.1) is 11.8 Å². The Hall–Kier alpha value is 0.270. The Balaban J connectivity index is 2.41. The fourth-order valence-corrected chi connectivity index (χ4v) is 1.99. The van der Waals surface area contributed by atoms with Gasteiger partial charge in [-0.1, -0.05) is 0 Å². The van der Waals surface area contributed by atoms with Gasteiger partial charge in [0.05, 0.1) is 5.37 Å². The second-order valence-corrected chi connectivity index (χ2v) is 3.85. The molecule has 0 spiro atoms. The third kappa shape index (κ3) is 1.60. The summed E-state index contributed by atoms with van der Waals surface area (Å²) < 4.78 is 0. The fourth-order valence-electron chi connectivity index (χ4n) is 0.899. The van der Waals surface area contributed by atoms with E-state index in [0.717, 1.165) is 0 Å². The second-order valence-electron chi connectivity index (χ2n) is 2.43. The van der Waals surface area contributed by atoms with Crippen molar-refractivity contribution in [2.45, 2.75) is 12.3 Å². The maximum Gasteiger partial charge on any atom is 0.0667 e. The minimum atomic E-state index is 0.656. The molecule has 0 N–H and O–H groups in total. The first-order valence-corrected chi connectivity index (χ1v) is 4.32. The molecule has 1 heterocycles. The van der Waals surface area contributed by atoms with Gasteiger partial charge < -0.3 is 0 Å². The molecule has 0 unspecified atom stereocenters. The molecule has 0 aromatic carbocycles. The quantitative estimate of drug-likeness (QED) is 0.500. The molecule has 0 aliphatic carbocycles. The summed E-state index contributed by atoms with van der Waals surface area (Å²) >= 11 is 2.01. The van der Waals surface area contributed by atoms with Crippen LogP contribution in [-0.2, 0) is 0 Å². The third-order valence-corrected chi connectivity index (χ3v) is 3.04. The van der Waals surface area contributed by atoms with E-state index < -0.39 is 0 Å². The Morgan fingerprint density at radius 2 is 2.11 bits per heavy atom. The molecule has 1 aliphatic rings. The Bertz CT molecular complexity index is 87.1. The van der Waals surface area contributed by atoms with Crippen molar-refractivity contribution >= 4 is 11.8 Å². The highest BCUT2D eigenvalue weighted by atomic mass is 32.2. The Morgan fingerprint density at radius 3 is 2.56 bits per heavy atom. The molecule has 3 heteroatoms. The molecule has 1 atom stereocenters. The summed E-state index contributed by atoms with van der Waals surface area (Å²) in [6.07, 6.45) is 0. The largest absolute Gasteiger partial charge is 0.243 e. The minimum absolute atomic E-state index is 0.656. The van der Waals surface area contributed by atoms with Crippen LogP contribution in [0.5, 0.6) is 0 Å². The first-order valence-electron chi connectivity index (χ1n) is 3.27. The predicted molar refractivity (Wildman–Crippen MR) is 42.3 cm³/mol. The second kappa shape index (κ2) is 2.90. The third-order valence-electron chi connectivity index (χ3n) is 1.84. The van der Waals surface area contributed by atoms with Crippen molar-refractivity contribution in [3.8, 4) is 0 Å². The van der Waals surface area contributed by atoms with Gasteiger partial charge in [-0.3, -0.25) is 0 Å². The molecule has 0 amide bonds. The zero-order valence-electron chi connectivity index (χ0n) is 6.29. The first-order chi connectivity index (χ1) is 4.22. The standard InChI is InChI=1S/C6H14N2S/c1-6-8(3)7(2)4-5-9-6/h6H,4-5H2,1-3H3/t6-/m1/s1. The molecule has 0 bridgehead atoms. The lowest BCUT2D eigenvalue weighted by Gasteiger charge is -2.37. The van der Waals surface area contributed by atoms with E-state index in [1.165, 1.54) is 12.3 Å². The van der Waals surface area contributed by atoms with Crippen molar-refractivity contribution in [1.29, 1.82) is 0 Å². The lowest BCUT2D eigenvalue weighted by molar-refractivity contribution is 0.0206. The van der Waals surface area contributed by atoms with E-state index in [0.29, 0.717) is 5.37 Å². The van der Waals surface area contributed by atoms with Gasteiger partial charge in [-0.25, -0.2) is 10.0 Å². The molecule has 1 aliphatic heterocycles. The van der Waals surface area contributed by atoms with E-state index in [-0.39, 0.29) is 0 Å². The summed E-state index contributed by atoms with van der Waals surface area (Å²) in [6.45, 7) is 3.42. The van der Waals surface area contributed by atoms with Crippen LogP contribution in [0.1, 0.15) is 6.92 Å². The summed E-state index contributed by atoms with van der Waals surface area (Å²) in [6, 6.07) is 0. The fraction of sp³-hybridized carbons (Fsp3) is 1.00. The van der Waals surface area contributed by atoms with Gasteiger partial charge in [0.15, 0.2) is 0 Å². The molecule has 0 aromatic heterocycles. The topological polar surface area (TPSA) is 6.48 Å². The highest BCUT2D eigenvalue weighted by molar-refractivity contribution is 7.99. The van der Waals surface area contributed by atoms with Crippen LogP contribution in [0.15, 0.2) is 0 Å². The van der Waals surface area contributed by atoms with Gasteiger partial charge in [0.1, 0.15) is 0 Å². The molecule has 0 saturated carbocycles. The van der Waals surface area contributed by atoms with E-state index in [9.17, 15) is 0 Å².